The van der Waals surface area contributed by atoms with Gasteiger partial charge in [-0.05, 0) is 37.0 Å². The number of aryl methyl sites for hydroxylation is 1. The summed E-state index contributed by atoms with van der Waals surface area (Å²) >= 11 is 0. The van der Waals surface area contributed by atoms with Crippen LogP contribution in [0.2, 0.25) is 0 Å². The smallest absolute Gasteiger partial charge is 0.247 e. The number of nitrogens with two attached hydrogens (primary N) is 1. The normalized spacial score (nSPS) is 22.7. The first-order valence-corrected chi connectivity index (χ1v) is 8.03. The molecule has 7 nitrogen and oxygen atoms in total. The highest BCUT2D eigenvalue weighted by Crippen LogP contribution is 2.44. The highest BCUT2D eigenvalue weighted by molar-refractivity contribution is 5.97. The third-order valence-electron chi connectivity index (χ3n) is 4.60. The van der Waals surface area contributed by atoms with Crippen molar-refractivity contribution in [1.29, 1.82) is 0 Å². The van der Waals surface area contributed by atoms with Gasteiger partial charge in [-0.3, -0.25) is 14.3 Å². The minimum atomic E-state index is -0.948. The maximum Gasteiger partial charge on any atom is 0.247 e. The Morgan fingerprint density at radius 3 is 2.96 bits per heavy atom. The zero-order chi connectivity index (χ0) is 17.3. The lowest BCUT2D eigenvalue weighted by Gasteiger charge is -2.31. The molecule has 2 aliphatic rings. The SMILES string of the molecule is Cn1cc(CCNC(=O)C2=CC3=C(OCC3)C(C)(C(N)=O)C2)cn1. The molecule has 1 aromatic rings. The van der Waals surface area contributed by atoms with Gasteiger partial charge in [-0.25, -0.2) is 0 Å². The molecule has 0 fully saturated rings. The molecule has 7 heteroatoms. The Bertz CT molecular complexity index is 747. The lowest BCUT2D eigenvalue weighted by molar-refractivity contribution is -0.127. The molecule has 0 spiro atoms. The Balaban J connectivity index is 1.67. The van der Waals surface area contributed by atoms with Crippen molar-refractivity contribution in [2.24, 2.45) is 18.2 Å². The van der Waals surface area contributed by atoms with E-state index in [0.29, 0.717) is 37.3 Å². The van der Waals surface area contributed by atoms with Crippen molar-refractivity contribution in [1.82, 2.24) is 15.1 Å². The molecule has 0 saturated carbocycles. The zero-order valence-electron chi connectivity index (χ0n) is 14.0. The Morgan fingerprint density at radius 2 is 2.29 bits per heavy atom. The van der Waals surface area contributed by atoms with E-state index in [1.807, 2.05) is 19.3 Å². The monoisotopic (exact) mass is 330 g/mol. The summed E-state index contributed by atoms with van der Waals surface area (Å²) in [5.74, 6) is -0.00242. The third-order valence-corrected chi connectivity index (χ3v) is 4.60. The van der Waals surface area contributed by atoms with Crippen molar-refractivity contribution in [2.75, 3.05) is 13.2 Å². The van der Waals surface area contributed by atoms with Gasteiger partial charge in [-0.15, -0.1) is 0 Å². The first-order chi connectivity index (χ1) is 11.4. The summed E-state index contributed by atoms with van der Waals surface area (Å²) in [6.07, 6.45) is 7.21. The van der Waals surface area contributed by atoms with Crippen LogP contribution in [0.4, 0.5) is 0 Å². The predicted molar refractivity (Wildman–Crippen MR) is 87.5 cm³/mol. The van der Waals surface area contributed by atoms with Crippen LogP contribution >= 0.6 is 0 Å². The molecule has 1 atom stereocenters. The second-order valence-electron chi connectivity index (χ2n) is 6.52. The van der Waals surface area contributed by atoms with Gasteiger partial charge in [-0.2, -0.15) is 5.10 Å². The summed E-state index contributed by atoms with van der Waals surface area (Å²) < 4.78 is 7.33. The van der Waals surface area contributed by atoms with Gasteiger partial charge in [0, 0.05) is 31.8 Å². The van der Waals surface area contributed by atoms with Crippen LogP contribution in [-0.4, -0.2) is 34.7 Å². The number of allylic oxidation sites excluding steroid dienone is 1. The number of nitrogens with one attached hydrogen (secondary N) is 1. The molecule has 0 bridgehead atoms. The number of nitrogens with zero attached hydrogens (tertiary/aromatic N) is 2. The van der Waals surface area contributed by atoms with Gasteiger partial charge in [0.2, 0.25) is 11.8 Å². The summed E-state index contributed by atoms with van der Waals surface area (Å²) in [4.78, 5) is 24.4. The molecule has 128 valence electrons. The summed E-state index contributed by atoms with van der Waals surface area (Å²) in [6, 6.07) is 0. The number of aromatic nitrogens is 2. The highest BCUT2D eigenvalue weighted by Gasteiger charge is 2.44. The van der Waals surface area contributed by atoms with Gasteiger partial charge in [0.05, 0.1) is 12.8 Å². The van der Waals surface area contributed by atoms with E-state index < -0.39 is 11.3 Å². The Kier molecular flexibility index (Phi) is 4.17. The van der Waals surface area contributed by atoms with Gasteiger partial charge < -0.3 is 15.8 Å². The number of carbonyl (C=O) groups excluding carboxylic acids is 2. The Hall–Kier alpha value is -2.57. The second-order valence-corrected chi connectivity index (χ2v) is 6.52. The maximum absolute atomic E-state index is 12.5. The minimum absolute atomic E-state index is 0.162. The number of carbonyl (C=O) groups is 2. The fraction of sp³-hybridized carbons (Fsp3) is 0.471. The minimum Gasteiger partial charge on any atom is -0.496 e. The molecule has 0 saturated heterocycles. The van der Waals surface area contributed by atoms with Crippen molar-refractivity contribution < 1.29 is 14.3 Å². The van der Waals surface area contributed by atoms with Crippen LogP contribution in [0.5, 0.6) is 0 Å². The van der Waals surface area contributed by atoms with E-state index in [4.69, 9.17) is 10.5 Å². The van der Waals surface area contributed by atoms with Gasteiger partial charge in [0.1, 0.15) is 11.2 Å². The molecule has 1 aliphatic carbocycles. The van der Waals surface area contributed by atoms with Crippen molar-refractivity contribution >= 4 is 11.8 Å². The number of ether oxygens (including phenoxy) is 1. The molecule has 2 amide bonds. The lowest BCUT2D eigenvalue weighted by Crippen LogP contribution is -2.40. The van der Waals surface area contributed by atoms with E-state index >= 15 is 0 Å². The molecule has 0 aromatic carbocycles. The summed E-state index contributed by atoms with van der Waals surface area (Å²) in [7, 11) is 1.86. The number of rotatable bonds is 5. The zero-order valence-corrected chi connectivity index (χ0v) is 14.0. The first kappa shape index (κ1) is 16.3. The average Bonchev–Trinajstić information content (AvgIpc) is 3.16. The summed E-state index contributed by atoms with van der Waals surface area (Å²) in [5.41, 5.74) is 7.17. The molecule has 1 unspecified atom stereocenters. The molecule has 3 N–H and O–H groups in total. The van der Waals surface area contributed by atoms with Gasteiger partial charge in [0.15, 0.2) is 0 Å². The van der Waals surface area contributed by atoms with Crippen LogP contribution in [-0.2, 0) is 27.8 Å². The van der Waals surface area contributed by atoms with E-state index in [0.717, 1.165) is 11.1 Å². The van der Waals surface area contributed by atoms with Crippen molar-refractivity contribution in [3.05, 3.63) is 40.9 Å². The third kappa shape index (κ3) is 2.93. The Labute approximate surface area is 140 Å². The highest BCUT2D eigenvalue weighted by atomic mass is 16.5. The van der Waals surface area contributed by atoms with Crippen LogP contribution in [0, 0.1) is 5.41 Å². The first-order valence-electron chi connectivity index (χ1n) is 8.03. The van der Waals surface area contributed by atoms with Gasteiger partial charge in [-0.1, -0.05) is 0 Å². The molecular formula is C17H22N4O3. The maximum atomic E-state index is 12.5. The van der Waals surface area contributed by atoms with E-state index in [-0.39, 0.29) is 12.3 Å². The van der Waals surface area contributed by atoms with Crippen LogP contribution in [0.1, 0.15) is 25.3 Å². The molecule has 1 aromatic heterocycles. The molecule has 3 rings (SSSR count). The second kappa shape index (κ2) is 6.14. The summed E-state index contributed by atoms with van der Waals surface area (Å²) in [5, 5.41) is 7.01. The fourth-order valence-corrected chi connectivity index (χ4v) is 3.22. The van der Waals surface area contributed by atoms with E-state index in [2.05, 4.69) is 10.4 Å². The summed E-state index contributed by atoms with van der Waals surface area (Å²) in [6.45, 7) is 2.78. The van der Waals surface area contributed by atoms with Crippen molar-refractivity contribution in [3.8, 4) is 0 Å². The van der Waals surface area contributed by atoms with Gasteiger partial charge in [0.25, 0.3) is 0 Å². The quantitative estimate of drug-likeness (QED) is 0.824. The molecule has 0 radical (unpaired) electrons. The van der Waals surface area contributed by atoms with Crippen molar-refractivity contribution in [2.45, 2.75) is 26.2 Å². The van der Waals surface area contributed by atoms with Crippen LogP contribution in [0.3, 0.4) is 0 Å². The predicted octanol–water partition coefficient (Wildman–Crippen LogP) is 0.575. The molecule has 1 aliphatic heterocycles. The van der Waals surface area contributed by atoms with Crippen molar-refractivity contribution in [3.63, 3.8) is 0 Å². The van der Waals surface area contributed by atoms with E-state index in [1.54, 1.807) is 17.8 Å². The Morgan fingerprint density at radius 1 is 1.50 bits per heavy atom. The van der Waals surface area contributed by atoms with E-state index in [9.17, 15) is 9.59 Å². The van der Waals surface area contributed by atoms with Crippen LogP contribution in [0.15, 0.2) is 35.4 Å². The van der Waals surface area contributed by atoms with E-state index in [1.165, 1.54) is 0 Å². The topological polar surface area (TPSA) is 99.2 Å². The van der Waals surface area contributed by atoms with Crippen LogP contribution < -0.4 is 11.1 Å². The van der Waals surface area contributed by atoms with Crippen LogP contribution in [0.25, 0.3) is 0 Å². The molecule has 24 heavy (non-hydrogen) atoms. The molecular weight excluding hydrogens is 308 g/mol. The largest absolute Gasteiger partial charge is 0.496 e. The fourth-order valence-electron chi connectivity index (χ4n) is 3.22. The average molecular weight is 330 g/mol. The number of amides is 2. The standard InChI is InChI=1S/C17H22N4O3/c1-17(16(18)23)8-13(7-12-4-6-24-14(12)17)15(22)19-5-3-11-9-20-21(2)10-11/h7,9-10H,3-6,8H2,1-2H3,(H2,18,23)(H,19,22). The molecule has 2 heterocycles. The lowest BCUT2D eigenvalue weighted by atomic mass is 9.75. The number of hydrogen-bond acceptors (Lipinski definition) is 4. The number of hydrogen-bond donors (Lipinski definition) is 2. The van der Waals surface area contributed by atoms with Gasteiger partial charge >= 0.3 is 0 Å². The number of primary amides is 1.